The van der Waals surface area contributed by atoms with Gasteiger partial charge in [0.1, 0.15) is 6.54 Å². The summed E-state index contributed by atoms with van der Waals surface area (Å²) in [7, 11) is 0. The Bertz CT molecular complexity index is 1460. The first-order chi connectivity index (χ1) is 15.7. The highest BCUT2D eigenvalue weighted by Crippen LogP contribution is 2.29. The number of nitrogens with zero attached hydrogens (tertiary/aromatic N) is 1. The van der Waals surface area contributed by atoms with Gasteiger partial charge in [0.2, 0.25) is 11.3 Å². The molecule has 0 saturated heterocycles. The van der Waals surface area contributed by atoms with Crippen LogP contribution in [0.15, 0.2) is 71.7 Å². The Labute approximate surface area is 193 Å². The number of hydrogen-bond acceptors (Lipinski definition) is 5. The summed E-state index contributed by atoms with van der Waals surface area (Å²) in [6.45, 7) is 1.51. The van der Waals surface area contributed by atoms with Crippen molar-refractivity contribution in [3.05, 3.63) is 98.8 Å². The van der Waals surface area contributed by atoms with Crippen LogP contribution in [0.4, 0.5) is 5.69 Å². The van der Waals surface area contributed by atoms with E-state index in [1.54, 1.807) is 55.5 Å². The van der Waals surface area contributed by atoms with Gasteiger partial charge in [0.25, 0.3) is 0 Å². The van der Waals surface area contributed by atoms with Crippen molar-refractivity contribution in [2.24, 2.45) is 0 Å². The number of aromatic nitrogens is 1. The third-order valence-electron chi connectivity index (χ3n) is 5.25. The molecule has 0 atom stereocenters. The van der Waals surface area contributed by atoms with Crippen molar-refractivity contribution >= 4 is 39.9 Å². The van der Waals surface area contributed by atoms with Gasteiger partial charge in [-0.1, -0.05) is 35.9 Å². The number of nitrogens with one attached hydrogen (secondary N) is 1. The molecular formula is C25H19ClN2O5. The van der Waals surface area contributed by atoms with E-state index in [9.17, 15) is 24.6 Å². The molecule has 0 aliphatic carbocycles. The lowest BCUT2D eigenvalue weighted by atomic mass is 9.98. The molecule has 0 fully saturated rings. The summed E-state index contributed by atoms with van der Waals surface area (Å²) >= 11 is 5.87. The van der Waals surface area contributed by atoms with E-state index in [2.05, 4.69) is 5.32 Å². The number of carbonyl (C=O) groups is 2. The monoisotopic (exact) mass is 462 g/mol. The molecule has 8 heteroatoms. The number of hydrogen-bond donors (Lipinski definition) is 3. The number of phenolic OH excluding ortho intramolecular Hbond substituents is 2. The van der Waals surface area contributed by atoms with E-state index in [1.165, 1.54) is 16.8 Å². The Morgan fingerprint density at radius 1 is 0.970 bits per heavy atom. The number of carbonyl (C=O) groups excluding carboxylic acids is 2. The standard InChI is InChI=1S/C25H19ClN2O5/c1-14-4-2-3-5-17(14)24(32)19-12-28(13-23(31)27-16-8-6-15(26)7-9-16)20-11-22(30)21(29)10-18(20)25(19)33/h2-12,29-30H,13H2,1H3,(H,27,31). The molecule has 4 rings (SSSR count). The van der Waals surface area contributed by atoms with Crippen molar-refractivity contribution < 1.29 is 19.8 Å². The second kappa shape index (κ2) is 8.80. The van der Waals surface area contributed by atoms with Crippen molar-refractivity contribution in [2.75, 3.05) is 5.32 Å². The van der Waals surface area contributed by atoms with Crippen LogP contribution in [-0.4, -0.2) is 26.5 Å². The minimum absolute atomic E-state index is 0.00373. The molecular weight excluding hydrogens is 444 g/mol. The lowest BCUT2D eigenvalue weighted by Gasteiger charge is -2.15. The Kier molecular flexibility index (Phi) is 5.89. The fourth-order valence-corrected chi connectivity index (χ4v) is 3.69. The Balaban J connectivity index is 1.81. The highest BCUT2D eigenvalue weighted by atomic mass is 35.5. The highest BCUT2D eigenvalue weighted by molar-refractivity contribution is 6.30. The summed E-state index contributed by atoms with van der Waals surface area (Å²) in [5, 5.41) is 23.2. The van der Waals surface area contributed by atoms with Gasteiger partial charge in [-0.25, -0.2) is 0 Å². The largest absolute Gasteiger partial charge is 0.504 e. The van der Waals surface area contributed by atoms with Gasteiger partial charge in [0, 0.05) is 28.5 Å². The number of aryl methyl sites for hydroxylation is 1. The quantitative estimate of drug-likeness (QED) is 0.303. The lowest BCUT2D eigenvalue weighted by molar-refractivity contribution is -0.116. The van der Waals surface area contributed by atoms with Crippen molar-refractivity contribution in [1.29, 1.82) is 0 Å². The molecule has 0 aliphatic rings. The molecule has 1 heterocycles. The fraction of sp³-hybridized carbons (Fsp3) is 0.0800. The van der Waals surface area contributed by atoms with Crippen LogP contribution in [0, 0.1) is 6.92 Å². The van der Waals surface area contributed by atoms with Crippen LogP contribution in [0.3, 0.4) is 0 Å². The van der Waals surface area contributed by atoms with Crippen molar-refractivity contribution in [2.45, 2.75) is 13.5 Å². The van der Waals surface area contributed by atoms with E-state index < -0.39 is 28.6 Å². The minimum Gasteiger partial charge on any atom is -0.504 e. The molecule has 4 aromatic rings. The number of aromatic hydroxyl groups is 2. The predicted octanol–water partition coefficient (Wildman–Crippen LogP) is 4.24. The van der Waals surface area contributed by atoms with E-state index in [-0.39, 0.29) is 23.0 Å². The Morgan fingerprint density at radius 2 is 1.64 bits per heavy atom. The normalized spacial score (nSPS) is 10.8. The SMILES string of the molecule is Cc1ccccc1C(=O)c1cn(CC(=O)Nc2ccc(Cl)cc2)c2cc(O)c(O)cc2c1=O. The van der Waals surface area contributed by atoms with Crippen molar-refractivity contribution in [1.82, 2.24) is 4.57 Å². The number of phenols is 2. The van der Waals surface area contributed by atoms with E-state index in [0.29, 0.717) is 21.8 Å². The van der Waals surface area contributed by atoms with Gasteiger partial charge in [-0.05, 0) is 42.8 Å². The van der Waals surface area contributed by atoms with Gasteiger partial charge in [0.05, 0.1) is 16.5 Å². The molecule has 0 bridgehead atoms. The maximum absolute atomic E-state index is 13.2. The minimum atomic E-state index is -0.608. The van der Waals surface area contributed by atoms with Gasteiger partial charge >= 0.3 is 0 Å². The zero-order valence-electron chi connectivity index (χ0n) is 17.5. The predicted molar refractivity (Wildman–Crippen MR) is 126 cm³/mol. The zero-order chi connectivity index (χ0) is 23.7. The summed E-state index contributed by atoms with van der Waals surface area (Å²) < 4.78 is 1.40. The molecule has 33 heavy (non-hydrogen) atoms. The van der Waals surface area contributed by atoms with Gasteiger partial charge in [-0.15, -0.1) is 0 Å². The first-order valence-electron chi connectivity index (χ1n) is 9.99. The second-order valence-electron chi connectivity index (χ2n) is 7.56. The number of rotatable bonds is 5. The second-order valence-corrected chi connectivity index (χ2v) is 7.99. The van der Waals surface area contributed by atoms with Crippen LogP contribution in [0.1, 0.15) is 21.5 Å². The van der Waals surface area contributed by atoms with Crippen LogP contribution in [-0.2, 0) is 11.3 Å². The van der Waals surface area contributed by atoms with Crippen LogP contribution in [0.2, 0.25) is 5.02 Å². The smallest absolute Gasteiger partial charge is 0.244 e. The van der Waals surface area contributed by atoms with Crippen LogP contribution in [0.5, 0.6) is 11.5 Å². The molecule has 7 nitrogen and oxygen atoms in total. The molecule has 3 aromatic carbocycles. The molecule has 0 radical (unpaired) electrons. The molecule has 1 aromatic heterocycles. The number of fused-ring (bicyclic) bond motifs is 1. The number of halogens is 1. The maximum Gasteiger partial charge on any atom is 0.244 e. The summed E-state index contributed by atoms with van der Waals surface area (Å²) in [6, 6.07) is 15.7. The third kappa shape index (κ3) is 4.44. The van der Waals surface area contributed by atoms with Crippen molar-refractivity contribution in [3.63, 3.8) is 0 Å². The highest BCUT2D eigenvalue weighted by Gasteiger charge is 2.20. The fourth-order valence-electron chi connectivity index (χ4n) is 3.57. The first kappa shape index (κ1) is 22.1. The number of anilines is 1. The summed E-state index contributed by atoms with van der Waals surface area (Å²) in [4.78, 5) is 39.1. The van der Waals surface area contributed by atoms with Crippen LogP contribution >= 0.6 is 11.6 Å². The van der Waals surface area contributed by atoms with E-state index in [0.717, 1.165) is 6.07 Å². The average molecular weight is 463 g/mol. The van der Waals surface area contributed by atoms with E-state index >= 15 is 0 Å². The lowest BCUT2D eigenvalue weighted by Crippen LogP contribution is -2.24. The number of pyridine rings is 1. The summed E-state index contributed by atoms with van der Waals surface area (Å²) in [6.07, 6.45) is 1.30. The Morgan fingerprint density at radius 3 is 2.33 bits per heavy atom. The van der Waals surface area contributed by atoms with Gasteiger partial charge in [-0.2, -0.15) is 0 Å². The molecule has 0 unspecified atom stereocenters. The molecule has 0 spiro atoms. The summed E-state index contributed by atoms with van der Waals surface area (Å²) in [5.41, 5.74) is 1.01. The molecule has 166 valence electrons. The van der Waals surface area contributed by atoms with Gasteiger partial charge in [0.15, 0.2) is 17.3 Å². The number of amides is 1. The van der Waals surface area contributed by atoms with Crippen LogP contribution < -0.4 is 10.7 Å². The third-order valence-corrected chi connectivity index (χ3v) is 5.50. The van der Waals surface area contributed by atoms with Crippen molar-refractivity contribution in [3.8, 4) is 11.5 Å². The van der Waals surface area contributed by atoms with E-state index in [4.69, 9.17) is 11.6 Å². The average Bonchev–Trinajstić information content (AvgIpc) is 2.78. The topological polar surface area (TPSA) is 109 Å². The maximum atomic E-state index is 13.2. The first-order valence-corrected chi connectivity index (χ1v) is 10.4. The number of ketones is 1. The molecule has 0 saturated carbocycles. The van der Waals surface area contributed by atoms with Gasteiger partial charge in [-0.3, -0.25) is 14.4 Å². The summed E-state index contributed by atoms with van der Waals surface area (Å²) in [5.74, 6) is -1.88. The number of benzene rings is 3. The van der Waals surface area contributed by atoms with E-state index in [1.807, 2.05) is 0 Å². The molecule has 1 amide bonds. The molecule has 3 N–H and O–H groups in total. The zero-order valence-corrected chi connectivity index (χ0v) is 18.3. The Hall–Kier alpha value is -4.10. The van der Waals surface area contributed by atoms with Crippen LogP contribution in [0.25, 0.3) is 10.9 Å². The molecule has 0 aliphatic heterocycles. The van der Waals surface area contributed by atoms with Gasteiger partial charge < -0.3 is 20.1 Å².